The predicted octanol–water partition coefficient (Wildman–Crippen LogP) is 6.38. The van der Waals surface area contributed by atoms with E-state index in [-0.39, 0.29) is 5.91 Å². The van der Waals surface area contributed by atoms with E-state index in [9.17, 15) is 4.79 Å². The van der Waals surface area contributed by atoms with Crippen molar-refractivity contribution in [2.45, 2.75) is 26.2 Å². The standard InChI is InChI=1S/C27H28N2O/c1-19(2)22-9-5-6-10-23(22)25-18-29(26-12-8-7-11-24(25)26)27(30)17-20-13-15-21(16-14-20)28(3)4/h5-16,18-19H,17H2,1-4H3. The SMILES string of the molecule is CC(C)c1ccccc1-c1cn(C(=O)Cc2ccc(N(C)C)cc2)c2ccccc12. The molecule has 0 saturated carbocycles. The zero-order chi connectivity index (χ0) is 21.3. The van der Waals surface area contributed by atoms with Gasteiger partial charge in [-0.05, 0) is 40.8 Å². The summed E-state index contributed by atoms with van der Waals surface area (Å²) in [7, 11) is 4.03. The molecule has 4 rings (SSSR count). The van der Waals surface area contributed by atoms with Crippen molar-refractivity contribution in [3.05, 3.63) is 90.1 Å². The summed E-state index contributed by atoms with van der Waals surface area (Å²) in [6.07, 6.45) is 2.39. The van der Waals surface area contributed by atoms with Crippen LogP contribution in [0.4, 0.5) is 5.69 Å². The van der Waals surface area contributed by atoms with Gasteiger partial charge in [-0.1, -0.05) is 68.4 Å². The number of carbonyl (C=O) groups is 1. The number of rotatable bonds is 5. The molecule has 0 spiro atoms. The summed E-state index contributed by atoms with van der Waals surface area (Å²) in [5, 5.41) is 1.11. The lowest BCUT2D eigenvalue weighted by Gasteiger charge is -2.12. The normalized spacial score (nSPS) is 11.2. The molecule has 0 aliphatic rings. The minimum atomic E-state index is 0.0806. The first-order valence-corrected chi connectivity index (χ1v) is 10.4. The minimum Gasteiger partial charge on any atom is -0.378 e. The van der Waals surface area contributed by atoms with Gasteiger partial charge in [0.2, 0.25) is 5.91 Å². The van der Waals surface area contributed by atoms with E-state index >= 15 is 0 Å². The number of para-hydroxylation sites is 1. The Labute approximate surface area is 178 Å². The fourth-order valence-corrected chi connectivity index (χ4v) is 4.02. The third-order valence-electron chi connectivity index (χ3n) is 5.66. The van der Waals surface area contributed by atoms with E-state index in [1.165, 1.54) is 11.1 Å². The van der Waals surface area contributed by atoms with E-state index in [4.69, 9.17) is 0 Å². The average Bonchev–Trinajstić information content (AvgIpc) is 3.14. The zero-order valence-electron chi connectivity index (χ0n) is 18.1. The Morgan fingerprint density at radius 1 is 0.867 bits per heavy atom. The molecule has 0 unspecified atom stereocenters. The first-order valence-electron chi connectivity index (χ1n) is 10.4. The van der Waals surface area contributed by atoms with Crippen LogP contribution < -0.4 is 4.90 Å². The lowest BCUT2D eigenvalue weighted by molar-refractivity contribution is 0.0919. The second-order valence-electron chi connectivity index (χ2n) is 8.30. The maximum atomic E-state index is 13.3. The highest BCUT2D eigenvalue weighted by Gasteiger charge is 2.17. The summed E-state index contributed by atoms with van der Waals surface area (Å²) < 4.78 is 1.82. The maximum absolute atomic E-state index is 13.3. The molecular weight excluding hydrogens is 368 g/mol. The summed E-state index contributed by atoms with van der Waals surface area (Å²) in [5.41, 5.74) is 6.72. The van der Waals surface area contributed by atoms with Crippen LogP contribution in [0, 0.1) is 0 Å². The van der Waals surface area contributed by atoms with Crippen molar-refractivity contribution in [1.82, 2.24) is 4.57 Å². The molecule has 0 fully saturated rings. The van der Waals surface area contributed by atoms with Crippen LogP contribution in [0.2, 0.25) is 0 Å². The lowest BCUT2D eigenvalue weighted by Crippen LogP contribution is -2.13. The lowest BCUT2D eigenvalue weighted by atomic mass is 9.92. The first kappa shape index (κ1) is 20.0. The minimum absolute atomic E-state index is 0.0806. The summed E-state index contributed by atoms with van der Waals surface area (Å²) >= 11 is 0. The van der Waals surface area contributed by atoms with Gasteiger partial charge in [-0.3, -0.25) is 9.36 Å². The number of benzene rings is 3. The monoisotopic (exact) mass is 396 g/mol. The van der Waals surface area contributed by atoms with E-state index in [0.29, 0.717) is 12.3 Å². The van der Waals surface area contributed by atoms with Gasteiger partial charge in [-0.15, -0.1) is 0 Å². The molecule has 30 heavy (non-hydrogen) atoms. The highest BCUT2D eigenvalue weighted by Crippen LogP contribution is 2.35. The van der Waals surface area contributed by atoms with Gasteiger partial charge in [-0.25, -0.2) is 0 Å². The van der Waals surface area contributed by atoms with Crippen molar-refractivity contribution < 1.29 is 4.79 Å². The molecule has 1 heterocycles. The fraction of sp³-hybridized carbons (Fsp3) is 0.222. The van der Waals surface area contributed by atoms with Gasteiger partial charge < -0.3 is 4.90 Å². The molecule has 1 aromatic heterocycles. The molecule has 3 heteroatoms. The molecule has 0 N–H and O–H groups in total. The average molecular weight is 397 g/mol. The Bertz CT molecular complexity index is 1180. The highest BCUT2D eigenvalue weighted by molar-refractivity contribution is 6.02. The van der Waals surface area contributed by atoms with E-state index < -0.39 is 0 Å². The molecule has 0 aliphatic heterocycles. The molecule has 152 valence electrons. The largest absolute Gasteiger partial charge is 0.378 e. The summed E-state index contributed by atoms with van der Waals surface area (Å²) in [5.74, 6) is 0.492. The van der Waals surface area contributed by atoms with Gasteiger partial charge in [0.05, 0.1) is 11.9 Å². The van der Waals surface area contributed by atoms with Crippen molar-refractivity contribution in [1.29, 1.82) is 0 Å². The van der Waals surface area contributed by atoms with Crippen molar-refractivity contribution >= 4 is 22.5 Å². The van der Waals surface area contributed by atoms with Gasteiger partial charge >= 0.3 is 0 Å². The molecule has 0 aliphatic carbocycles. The quantitative estimate of drug-likeness (QED) is 0.391. The van der Waals surface area contributed by atoms with Gasteiger partial charge in [0.15, 0.2) is 0 Å². The van der Waals surface area contributed by atoms with Crippen LogP contribution in [0.3, 0.4) is 0 Å². The Balaban J connectivity index is 1.75. The zero-order valence-corrected chi connectivity index (χ0v) is 18.1. The van der Waals surface area contributed by atoms with Crippen molar-refractivity contribution in [2.75, 3.05) is 19.0 Å². The van der Waals surface area contributed by atoms with Gasteiger partial charge in [-0.2, -0.15) is 0 Å². The van der Waals surface area contributed by atoms with Crippen molar-refractivity contribution in [3.8, 4) is 11.1 Å². The number of hydrogen-bond donors (Lipinski definition) is 0. The predicted molar refractivity (Wildman–Crippen MR) is 127 cm³/mol. The molecule has 0 atom stereocenters. The number of nitrogens with zero attached hydrogens (tertiary/aromatic N) is 2. The Morgan fingerprint density at radius 3 is 2.23 bits per heavy atom. The smallest absolute Gasteiger partial charge is 0.235 e. The molecule has 0 bridgehead atoms. The van der Waals surface area contributed by atoms with Gasteiger partial charge in [0, 0.05) is 36.9 Å². The molecule has 3 aromatic carbocycles. The van der Waals surface area contributed by atoms with Crippen LogP contribution in [0.25, 0.3) is 22.0 Å². The van der Waals surface area contributed by atoms with Crippen LogP contribution in [-0.4, -0.2) is 24.6 Å². The van der Waals surface area contributed by atoms with Crippen LogP contribution in [0.5, 0.6) is 0 Å². The van der Waals surface area contributed by atoms with Crippen LogP contribution in [0.15, 0.2) is 79.0 Å². The molecule has 4 aromatic rings. The highest BCUT2D eigenvalue weighted by atomic mass is 16.2. The first-order chi connectivity index (χ1) is 14.5. The topological polar surface area (TPSA) is 25.2 Å². The molecule has 3 nitrogen and oxygen atoms in total. The maximum Gasteiger partial charge on any atom is 0.235 e. The second kappa shape index (κ2) is 8.19. The number of hydrogen-bond acceptors (Lipinski definition) is 2. The van der Waals surface area contributed by atoms with Crippen LogP contribution >= 0.6 is 0 Å². The van der Waals surface area contributed by atoms with E-state index in [1.54, 1.807) is 0 Å². The fourth-order valence-electron chi connectivity index (χ4n) is 4.02. The number of carbonyl (C=O) groups excluding carboxylic acids is 1. The summed E-state index contributed by atoms with van der Waals surface area (Å²) in [6, 6.07) is 24.9. The Hall–Kier alpha value is -3.33. The number of fused-ring (bicyclic) bond motifs is 1. The molecular formula is C27H28N2O. The number of aromatic nitrogens is 1. The van der Waals surface area contributed by atoms with E-state index in [0.717, 1.165) is 27.7 Å². The Morgan fingerprint density at radius 2 is 1.53 bits per heavy atom. The summed E-state index contributed by atoms with van der Waals surface area (Å²) in [4.78, 5) is 15.3. The molecule has 0 radical (unpaired) electrons. The van der Waals surface area contributed by atoms with E-state index in [2.05, 4.69) is 61.2 Å². The molecule has 0 saturated heterocycles. The van der Waals surface area contributed by atoms with Crippen LogP contribution in [0.1, 0.15) is 35.7 Å². The third kappa shape index (κ3) is 3.76. The number of anilines is 1. The molecule has 0 amide bonds. The third-order valence-corrected chi connectivity index (χ3v) is 5.66. The van der Waals surface area contributed by atoms with Gasteiger partial charge in [0.25, 0.3) is 0 Å². The van der Waals surface area contributed by atoms with E-state index in [1.807, 2.05) is 55.2 Å². The van der Waals surface area contributed by atoms with Crippen molar-refractivity contribution in [2.24, 2.45) is 0 Å². The Kier molecular flexibility index (Phi) is 5.45. The van der Waals surface area contributed by atoms with Crippen molar-refractivity contribution in [3.63, 3.8) is 0 Å². The van der Waals surface area contributed by atoms with Gasteiger partial charge in [0.1, 0.15) is 0 Å². The van der Waals surface area contributed by atoms with Crippen LogP contribution in [-0.2, 0) is 6.42 Å². The second-order valence-corrected chi connectivity index (χ2v) is 8.30. The summed E-state index contributed by atoms with van der Waals surface area (Å²) in [6.45, 7) is 4.42.